The van der Waals surface area contributed by atoms with Crippen LogP contribution in [0.2, 0.25) is 0 Å². The van der Waals surface area contributed by atoms with E-state index in [0.717, 1.165) is 32.7 Å². The number of rotatable bonds is 5. The average molecular weight is 799 g/mol. The Morgan fingerprint density at radius 2 is 1.51 bits per heavy atom. The van der Waals surface area contributed by atoms with Crippen LogP contribution in [0.1, 0.15) is 37.3 Å². The molecule has 2 aromatic carbocycles. The lowest BCUT2D eigenvalue weighted by molar-refractivity contribution is -0.0494. The molecule has 1 aliphatic carbocycles. The van der Waals surface area contributed by atoms with Gasteiger partial charge in [-0.05, 0) is 95.4 Å². The minimum absolute atomic E-state index is 0.125. The fraction of sp³-hybridized carbons (Fsp3) is 0.250. The summed E-state index contributed by atoms with van der Waals surface area (Å²) in [5.41, 5.74) is 4.68. The van der Waals surface area contributed by atoms with E-state index in [-0.39, 0.29) is 36.5 Å². The van der Waals surface area contributed by atoms with E-state index in [9.17, 15) is 25.6 Å². The molecule has 1 unspecified atom stereocenters. The molecule has 0 bridgehead atoms. The molecule has 1 atom stereocenters. The second kappa shape index (κ2) is 13.0. The van der Waals surface area contributed by atoms with E-state index in [4.69, 9.17) is 0 Å². The highest BCUT2D eigenvalue weighted by Gasteiger charge is 2.40. The summed E-state index contributed by atoms with van der Waals surface area (Å²) in [5, 5.41) is 1.64. The molecule has 0 spiro atoms. The third-order valence-corrected chi connectivity index (χ3v) is 12.0. The van der Waals surface area contributed by atoms with E-state index >= 15 is 4.39 Å². The number of nitrogens with zero attached hydrogens (tertiary/aromatic N) is 4. The zero-order valence-corrected chi connectivity index (χ0v) is 30.5. The number of aromatic amines is 1. The zero-order valence-electron chi connectivity index (χ0n) is 27.3. The number of fused-ring (bicyclic) bond motifs is 6. The van der Waals surface area contributed by atoms with Crippen molar-refractivity contribution in [2.75, 3.05) is 12.5 Å². The Hall–Kier alpha value is -4.34. The van der Waals surface area contributed by atoms with Crippen molar-refractivity contribution in [3.63, 3.8) is 0 Å². The molecule has 1 aliphatic rings. The maximum atomic E-state index is 15.1. The minimum Gasteiger partial charge on any atom is -0.353 e. The fourth-order valence-electron chi connectivity index (χ4n) is 6.92. The van der Waals surface area contributed by atoms with Crippen LogP contribution in [0.15, 0.2) is 99.7 Å². The maximum Gasteiger partial charge on any atom is 0.248 e. The van der Waals surface area contributed by atoms with Gasteiger partial charge in [-0.1, -0.05) is 0 Å². The predicted octanol–water partition coefficient (Wildman–Crippen LogP) is 8.42. The number of sulfone groups is 2. The lowest BCUT2D eigenvalue weighted by atomic mass is 9.79. The summed E-state index contributed by atoms with van der Waals surface area (Å²) in [6, 6.07) is 15.9. The number of hydrogen-bond donors (Lipinski definition) is 1. The van der Waals surface area contributed by atoms with E-state index in [0.29, 0.717) is 32.4 Å². The Morgan fingerprint density at radius 3 is 2.20 bits per heavy atom. The molecule has 8 rings (SSSR count). The number of halogens is 4. The van der Waals surface area contributed by atoms with E-state index in [2.05, 4.69) is 35.9 Å². The Bertz CT molecular complexity index is 2690. The van der Waals surface area contributed by atoms with Crippen LogP contribution < -0.4 is 0 Å². The zero-order chi connectivity index (χ0) is 36.3. The van der Waals surface area contributed by atoms with E-state index in [1.807, 2.05) is 16.7 Å². The van der Waals surface area contributed by atoms with Crippen LogP contribution in [-0.2, 0) is 19.7 Å². The van der Waals surface area contributed by atoms with Crippen molar-refractivity contribution < 1.29 is 30.0 Å². The number of alkyl halides is 2. The molecule has 264 valence electrons. The van der Waals surface area contributed by atoms with Crippen molar-refractivity contribution in [3.8, 4) is 0 Å². The summed E-state index contributed by atoms with van der Waals surface area (Å²) in [6.45, 7) is 0. The van der Waals surface area contributed by atoms with Gasteiger partial charge in [0.05, 0.1) is 43.4 Å². The van der Waals surface area contributed by atoms with Crippen LogP contribution in [0.4, 0.5) is 13.2 Å². The Kier molecular flexibility index (Phi) is 8.95. The molecular weight excluding hydrogens is 767 g/mol. The quantitative estimate of drug-likeness (QED) is 0.185. The highest BCUT2D eigenvalue weighted by molar-refractivity contribution is 9.10. The van der Waals surface area contributed by atoms with Crippen LogP contribution >= 0.6 is 15.9 Å². The third-order valence-electron chi connectivity index (χ3n) is 9.36. The maximum absolute atomic E-state index is 15.1. The summed E-state index contributed by atoms with van der Waals surface area (Å²) in [7, 11) is -6.70. The number of nitrogens with one attached hydrogen (secondary N) is 1. The van der Waals surface area contributed by atoms with Crippen molar-refractivity contribution in [2.24, 2.45) is 5.92 Å². The van der Waals surface area contributed by atoms with Gasteiger partial charge in [0.25, 0.3) is 0 Å². The molecule has 5 heterocycles. The molecule has 15 heteroatoms. The first-order valence-corrected chi connectivity index (χ1v) is 20.5. The Balaban J connectivity index is 0.000000190. The Labute approximate surface area is 299 Å². The number of pyridine rings is 3. The highest BCUT2D eigenvalue weighted by Crippen LogP contribution is 2.46. The van der Waals surface area contributed by atoms with Gasteiger partial charge in [0.15, 0.2) is 19.7 Å². The van der Waals surface area contributed by atoms with Crippen molar-refractivity contribution in [3.05, 3.63) is 101 Å². The van der Waals surface area contributed by atoms with Gasteiger partial charge in [-0.3, -0.25) is 15.0 Å². The Morgan fingerprint density at radius 1 is 0.824 bits per heavy atom. The van der Waals surface area contributed by atoms with Gasteiger partial charge in [-0.15, -0.1) is 0 Å². The molecule has 0 radical (unpaired) electrons. The van der Waals surface area contributed by atoms with E-state index < -0.39 is 37.5 Å². The van der Waals surface area contributed by atoms with Gasteiger partial charge in [0, 0.05) is 76.5 Å². The van der Waals surface area contributed by atoms with Gasteiger partial charge in [-0.2, -0.15) is 0 Å². The lowest BCUT2D eigenvalue weighted by Gasteiger charge is -2.35. The van der Waals surface area contributed by atoms with Crippen LogP contribution in [-0.4, -0.2) is 59.8 Å². The highest BCUT2D eigenvalue weighted by atomic mass is 79.9. The van der Waals surface area contributed by atoms with Crippen LogP contribution in [0.25, 0.3) is 43.9 Å². The monoisotopic (exact) mass is 797 g/mol. The second-order valence-electron chi connectivity index (χ2n) is 12.9. The average Bonchev–Trinajstić information content (AvgIpc) is 3.60. The summed E-state index contributed by atoms with van der Waals surface area (Å²) in [4.78, 5) is 16.5. The lowest BCUT2D eigenvalue weighted by Crippen LogP contribution is -2.31. The van der Waals surface area contributed by atoms with Crippen molar-refractivity contribution >= 4 is 79.5 Å². The first-order chi connectivity index (χ1) is 24.1. The molecule has 9 nitrogen and oxygen atoms in total. The standard InChI is InChI=1S/C24H22F3N3O2S.C12H9BrN2O2S/c1-33(31,32)16-4-5-17-21(13-16)30(20-3-2-11-29-22(17)20)23(18-14-28-12-8-19(18)25)15-6-9-24(26,27)10-7-15;1-18(16,17)8-2-3-9-10(5-8)15-11-4-7(13)6-14-12(9)11/h2-5,8,11-15,23H,6-7,9-10H2,1H3;2-6,15H,1H3. The van der Waals surface area contributed by atoms with E-state index in [1.54, 1.807) is 48.8 Å². The van der Waals surface area contributed by atoms with Gasteiger partial charge in [0.1, 0.15) is 5.82 Å². The van der Waals surface area contributed by atoms with E-state index in [1.165, 1.54) is 30.8 Å². The fourth-order valence-corrected chi connectivity index (χ4v) is 8.54. The molecule has 1 saturated carbocycles. The normalized spacial score (nSPS) is 16.0. The summed E-state index contributed by atoms with van der Waals surface area (Å²) < 4.78 is 93.4. The van der Waals surface area contributed by atoms with Crippen LogP contribution in [0.5, 0.6) is 0 Å². The van der Waals surface area contributed by atoms with Gasteiger partial charge < -0.3 is 9.55 Å². The molecular formula is C36H31BrF3N5O4S2. The predicted molar refractivity (Wildman–Crippen MR) is 194 cm³/mol. The van der Waals surface area contributed by atoms with Crippen LogP contribution in [0, 0.1) is 11.7 Å². The van der Waals surface area contributed by atoms with Crippen LogP contribution in [0.3, 0.4) is 0 Å². The van der Waals surface area contributed by atoms with Gasteiger partial charge in [-0.25, -0.2) is 30.0 Å². The summed E-state index contributed by atoms with van der Waals surface area (Å²) >= 11 is 3.36. The largest absolute Gasteiger partial charge is 0.353 e. The molecule has 1 N–H and O–H groups in total. The topological polar surface area (TPSA) is 128 Å². The molecule has 1 fully saturated rings. The molecule has 0 amide bonds. The molecule has 0 saturated heterocycles. The molecule has 7 aromatic rings. The molecule has 0 aliphatic heterocycles. The number of aromatic nitrogens is 5. The summed E-state index contributed by atoms with van der Waals surface area (Å²) in [5.74, 6) is -3.50. The number of hydrogen-bond acceptors (Lipinski definition) is 7. The van der Waals surface area contributed by atoms with Crippen molar-refractivity contribution in [1.82, 2.24) is 24.5 Å². The first kappa shape index (κ1) is 35.1. The van der Waals surface area contributed by atoms with Crippen molar-refractivity contribution in [2.45, 2.75) is 47.4 Å². The SMILES string of the molecule is CS(=O)(=O)c1ccc2c(c1)[nH]c1cc(Br)cnc12.CS(=O)(=O)c1ccc2c3ncccc3n(C(c3cnccc3F)C3CCC(F)(F)CC3)c2c1. The number of H-pyrrole nitrogens is 1. The third kappa shape index (κ3) is 6.86. The minimum atomic E-state index is -3.51. The smallest absolute Gasteiger partial charge is 0.248 e. The molecule has 5 aromatic heterocycles. The summed E-state index contributed by atoms with van der Waals surface area (Å²) in [6.07, 6.45) is 8.32. The second-order valence-corrected chi connectivity index (χ2v) is 17.8. The van der Waals surface area contributed by atoms with Crippen molar-refractivity contribution in [1.29, 1.82) is 0 Å². The van der Waals surface area contributed by atoms with Gasteiger partial charge >= 0.3 is 0 Å². The molecule has 51 heavy (non-hydrogen) atoms. The number of benzene rings is 2. The first-order valence-electron chi connectivity index (χ1n) is 15.9. The van der Waals surface area contributed by atoms with Gasteiger partial charge in [0.2, 0.25) is 5.92 Å².